The summed E-state index contributed by atoms with van der Waals surface area (Å²) >= 11 is 8.72. The van der Waals surface area contributed by atoms with Gasteiger partial charge in [0.1, 0.15) is 0 Å². The maximum absolute atomic E-state index is 12.4. The normalized spacial score (nSPS) is 11.8. The van der Waals surface area contributed by atoms with E-state index in [4.69, 9.17) is 0 Å². The smallest absolute Gasteiger partial charge is 0.166 e. The third-order valence-electron chi connectivity index (χ3n) is 1.33. The zero-order chi connectivity index (χ0) is 10.2. The van der Waals surface area contributed by atoms with E-state index < -0.39 is 11.7 Å². The Hall–Kier alpha value is 0.450. The summed E-state index contributed by atoms with van der Waals surface area (Å²) in [6.07, 6.45) is -4.36. The molecule has 0 heterocycles. The van der Waals surface area contributed by atoms with Gasteiger partial charge in [-0.3, -0.25) is 0 Å². The molecule has 0 saturated heterocycles. The Labute approximate surface area is 97.9 Å². The minimum Gasteiger partial charge on any atom is -0.166 e. The number of halogens is 6. The third kappa shape index (κ3) is 2.47. The molecule has 0 fully saturated rings. The van der Waals surface area contributed by atoms with E-state index in [2.05, 4.69) is 47.8 Å². The highest BCUT2D eigenvalue weighted by Crippen LogP contribution is 2.42. The molecule has 0 aliphatic rings. The summed E-state index contributed by atoms with van der Waals surface area (Å²) in [7, 11) is 0. The zero-order valence-electron chi connectivity index (χ0n) is 5.92. The lowest BCUT2D eigenvalue weighted by molar-refractivity contribution is -0.138. The molecule has 0 aromatic heterocycles. The summed E-state index contributed by atoms with van der Waals surface area (Å²) < 4.78 is 37.6. The third-order valence-corrected chi connectivity index (χ3v) is 4.00. The Morgan fingerprint density at radius 2 is 1.38 bits per heavy atom. The second-order valence-electron chi connectivity index (χ2n) is 2.22. The van der Waals surface area contributed by atoms with E-state index >= 15 is 0 Å². The molecule has 0 N–H and O–H groups in total. The zero-order valence-corrected chi connectivity index (χ0v) is 10.7. The first-order valence-corrected chi connectivity index (χ1v) is 5.42. The Morgan fingerprint density at radius 3 is 1.77 bits per heavy atom. The number of hydrogen-bond donors (Lipinski definition) is 0. The fourth-order valence-corrected chi connectivity index (χ4v) is 2.51. The van der Waals surface area contributed by atoms with Gasteiger partial charge in [0.15, 0.2) is 0 Å². The van der Waals surface area contributed by atoms with Gasteiger partial charge in [0, 0.05) is 13.4 Å². The standard InChI is InChI=1S/C7H2Br3F3/c8-3-1-2-4(9)6(10)5(3)7(11,12)13/h1-2H. The van der Waals surface area contributed by atoms with Gasteiger partial charge >= 0.3 is 6.18 Å². The van der Waals surface area contributed by atoms with Crippen LogP contribution < -0.4 is 0 Å². The van der Waals surface area contributed by atoms with Crippen LogP contribution in [0, 0.1) is 0 Å². The first kappa shape index (κ1) is 11.5. The Bertz CT molecular complexity index is 332. The van der Waals surface area contributed by atoms with Crippen molar-refractivity contribution < 1.29 is 13.2 Å². The Morgan fingerprint density at radius 1 is 0.923 bits per heavy atom. The number of alkyl halides is 3. The van der Waals surface area contributed by atoms with Gasteiger partial charge in [-0.05, 0) is 44.0 Å². The van der Waals surface area contributed by atoms with Crippen molar-refractivity contribution in [2.45, 2.75) is 6.18 Å². The fraction of sp³-hybridized carbons (Fsp3) is 0.143. The number of benzene rings is 1. The molecule has 1 aromatic carbocycles. The lowest BCUT2D eigenvalue weighted by Gasteiger charge is -2.11. The van der Waals surface area contributed by atoms with Gasteiger partial charge < -0.3 is 0 Å². The second-order valence-corrected chi connectivity index (χ2v) is 4.72. The molecule has 1 rings (SSSR count). The van der Waals surface area contributed by atoms with Crippen LogP contribution in [0.25, 0.3) is 0 Å². The van der Waals surface area contributed by atoms with E-state index in [1.54, 1.807) is 0 Å². The molecule has 0 nitrogen and oxygen atoms in total. The topological polar surface area (TPSA) is 0 Å². The summed E-state index contributed by atoms with van der Waals surface area (Å²) in [6, 6.07) is 2.88. The monoisotopic (exact) mass is 380 g/mol. The van der Waals surface area contributed by atoms with Gasteiger partial charge in [0.25, 0.3) is 0 Å². The van der Waals surface area contributed by atoms with E-state index in [9.17, 15) is 13.2 Å². The Kier molecular flexibility index (Phi) is 3.46. The highest BCUT2D eigenvalue weighted by atomic mass is 79.9. The fourth-order valence-electron chi connectivity index (χ4n) is 0.787. The first-order valence-electron chi connectivity index (χ1n) is 3.04. The van der Waals surface area contributed by atoms with E-state index in [1.807, 2.05) is 0 Å². The highest BCUT2D eigenvalue weighted by Gasteiger charge is 2.35. The maximum atomic E-state index is 12.4. The molecule has 1 aromatic rings. The second kappa shape index (κ2) is 3.90. The average Bonchev–Trinajstić information content (AvgIpc) is 1.95. The lowest BCUT2D eigenvalue weighted by atomic mass is 10.2. The minimum absolute atomic E-state index is 0.00868. The van der Waals surface area contributed by atoms with Gasteiger partial charge in [-0.15, -0.1) is 0 Å². The van der Waals surface area contributed by atoms with Crippen LogP contribution in [-0.2, 0) is 6.18 Å². The molecule has 0 aliphatic carbocycles. The molecule has 0 amide bonds. The van der Waals surface area contributed by atoms with Gasteiger partial charge in [0.2, 0.25) is 0 Å². The van der Waals surface area contributed by atoms with Crippen LogP contribution >= 0.6 is 47.8 Å². The first-order chi connectivity index (χ1) is 5.84. The molecule has 0 spiro atoms. The largest absolute Gasteiger partial charge is 0.418 e. The van der Waals surface area contributed by atoms with E-state index in [-0.39, 0.29) is 8.95 Å². The molecule has 0 radical (unpaired) electrons. The predicted molar refractivity (Wildman–Crippen MR) is 54.5 cm³/mol. The van der Waals surface area contributed by atoms with Gasteiger partial charge in [-0.1, -0.05) is 15.9 Å². The number of hydrogen-bond acceptors (Lipinski definition) is 0. The molecule has 0 unspecified atom stereocenters. The summed E-state index contributed by atoms with van der Waals surface area (Å²) in [5.41, 5.74) is -0.707. The van der Waals surface area contributed by atoms with Crippen molar-refractivity contribution in [3.8, 4) is 0 Å². The molecule has 0 atom stereocenters. The van der Waals surface area contributed by atoms with Crippen molar-refractivity contribution in [2.75, 3.05) is 0 Å². The van der Waals surface area contributed by atoms with Crippen LogP contribution in [0.4, 0.5) is 13.2 Å². The average molecular weight is 383 g/mol. The van der Waals surface area contributed by atoms with Gasteiger partial charge in [0.05, 0.1) is 5.56 Å². The van der Waals surface area contributed by atoms with Crippen molar-refractivity contribution in [1.82, 2.24) is 0 Å². The molecule has 0 saturated carbocycles. The molecule has 0 bridgehead atoms. The van der Waals surface area contributed by atoms with Crippen LogP contribution in [0.3, 0.4) is 0 Å². The van der Waals surface area contributed by atoms with Crippen molar-refractivity contribution in [3.63, 3.8) is 0 Å². The predicted octanol–water partition coefficient (Wildman–Crippen LogP) is 4.99. The lowest BCUT2D eigenvalue weighted by Crippen LogP contribution is -2.07. The minimum atomic E-state index is -4.36. The summed E-state index contributed by atoms with van der Waals surface area (Å²) in [4.78, 5) is 0. The van der Waals surface area contributed by atoms with Crippen LogP contribution in [0.2, 0.25) is 0 Å². The van der Waals surface area contributed by atoms with E-state index in [0.29, 0.717) is 4.47 Å². The molecular formula is C7H2Br3F3. The van der Waals surface area contributed by atoms with Crippen molar-refractivity contribution >= 4 is 47.8 Å². The number of rotatable bonds is 0. The molecular weight excluding hydrogens is 381 g/mol. The van der Waals surface area contributed by atoms with Crippen molar-refractivity contribution in [1.29, 1.82) is 0 Å². The summed E-state index contributed by atoms with van der Waals surface area (Å²) in [6.45, 7) is 0. The highest BCUT2D eigenvalue weighted by molar-refractivity contribution is 9.13. The van der Waals surface area contributed by atoms with Crippen molar-refractivity contribution in [2.24, 2.45) is 0 Å². The molecule has 72 valence electrons. The van der Waals surface area contributed by atoms with E-state index in [0.717, 1.165) is 0 Å². The molecule has 13 heavy (non-hydrogen) atoms. The van der Waals surface area contributed by atoms with E-state index in [1.165, 1.54) is 12.1 Å². The summed E-state index contributed by atoms with van der Waals surface area (Å²) in [5.74, 6) is 0. The van der Waals surface area contributed by atoms with Crippen LogP contribution in [0.15, 0.2) is 25.6 Å². The summed E-state index contributed by atoms with van der Waals surface area (Å²) in [5, 5.41) is 0. The SMILES string of the molecule is FC(F)(F)c1c(Br)ccc(Br)c1Br. The molecule has 0 aliphatic heterocycles. The van der Waals surface area contributed by atoms with Crippen LogP contribution in [0.5, 0.6) is 0 Å². The van der Waals surface area contributed by atoms with Gasteiger partial charge in [-0.25, -0.2) is 0 Å². The van der Waals surface area contributed by atoms with Crippen LogP contribution in [-0.4, -0.2) is 0 Å². The van der Waals surface area contributed by atoms with Gasteiger partial charge in [-0.2, -0.15) is 13.2 Å². The maximum Gasteiger partial charge on any atom is 0.418 e. The van der Waals surface area contributed by atoms with Crippen LogP contribution in [0.1, 0.15) is 5.56 Å². The van der Waals surface area contributed by atoms with Crippen molar-refractivity contribution in [3.05, 3.63) is 31.1 Å². The molecule has 6 heteroatoms. The quantitative estimate of drug-likeness (QED) is 0.554. The Balaban J connectivity index is 3.43.